The second-order valence-electron chi connectivity index (χ2n) is 6.17. The second kappa shape index (κ2) is 5.50. The van der Waals surface area contributed by atoms with Gasteiger partial charge in [0.05, 0.1) is 6.10 Å². The molecule has 2 aliphatic rings. The van der Waals surface area contributed by atoms with Crippen LogP contribution in [0.3, 0.4) is 0 Å². The molecular weight excluding hydrogens is 198 g/mol. The first-order valence-electron chi connectivity index (χ1n) is 7.08. The molecule has 0 aromatic carbocycles. The van der Waals surface area contributed by atoms with Crippen LogP contribution in [0.4, 0.5) is 0 Å². The fourth-order valence-electron chi connectivity index (χ4n) is 3.53. The number of rotatable bonds is 3. The Bertz CT molecular complexity index is 219. The van der Waals surface area contributed by atoms with E-state index in [0.29, 0.717) is 12.0 Å². The van der Waals surface area contributed by atoms with Crippen LogP contribution in [0.25, 0.3) is 0 Å². The van der Waals surface area contributed by atoms with E-state index in [4.69, 9.17) is 0 Å². The Morgan fingerprint density at radius 1 is 1.12 bits per heavy atom. The van der Waals surface area contributed by atoms with Crippen LogP contribution >= 0.6 is 0 Å². The summed E-state index contributed by atoms with van der Waals surface area (Å²) in [6.45, 7) is 5.77. The first-order valence-corrected chi connectivity index (χ1v) is 7.08. The molecule has 0 saturated heterocycles. The molecule has 0 aliphatic heterocycles. The van der Waals surface area contributed by atoms with Gasteiger partial charge in [-0.15, -0.1) is 0 Å². The highest BCUT2D eigenvalue weighted by Crippen LogP contribution is 2.30. The number of hydrogen-bond donors (Lipinski definition) is 2. The van der Waals surface area contributed by atoms with Gasteiger partial charge in [-0.25, -0.2) is 0 Å². The first-order chi connectivity index (χ1) is 7.66. The monoisotopic (exact) mass is 225 g/mol. The molecule has 0 bridgehead atoms. The first kappa shape index (κ1) is 12.4. The number of aliphatic hydroxyl groups excluding tert-OH is 1. The molecule has 0 aromatic rings. The van der Waals surface area contributed by atoms with Crippen molar-refractivity contribution in [3.63, 3.8) is 0 Å². The summed E-state index contributed by atoms with van der Waals surface area (Å²) in [7, 11) is 0. The fraction of sp³-hybridized carbons (Fsp3) is 1.00. The summed E-state index contributed by atoms with van der Waals surface area (Å²) < 4.78 is 0. The maximum absolute atomic E-state index is 9.79. The Morgan fingerprint density at radius 3 is 2.56 bits per heavy atom. The van der Waals surface area contributed by atoms with E-state index in [1.54, 1.807) is 0 Å². The van der Waals surface area contributed by atoms with Gasteiger partial charge < -0.3 is 10.4 Å². The van der Waals surface area contributed by atoms with E-state index in [2.05, 4.69) is 19.2 Å². The molecule has 5 atom stereocenters. The smallest absolute Gasteiger partial charge is 0.0580 e. The molecule has 2 nitrogen and oxygen atoms in total. The SMILES string of the molecule is CC1CCC(NCC2CCCC2O)C(C)C1. The minimum absolute atomic E-state index is 0.0367. The second-order valence-corrected chi connectivity index (χ2v) is 6.17. The standard InChI is InChI=1S/C14H27NO/c1-10-6-7-13(11(2)8-10)15-9-12-4-3-5-14(12)16/h10-16H,3-9H2,1-2H3. The lowest BCUT2D eigenvalue weighted by atomic mass is 9.79. The number of nitrogens with one attached hydrogen (secondary N) is 1. The van der Waals surface area contributed by atoms with E-state index in [0.717, 1.165) is 24.8 Å². The normalized spacial score (nSPS) is 44.8. The lowest BCUT2D eigenvalue weighted by Gasteiger charge is -2.34. The molecule has 0 heterocycles. The van der Waals surface area contributed by atoms with Gasteiger partial charge in [-0.2, -0.15) is 0 Å². The maximum atomic E-state index is 9.79. The summed E-state index contributed by atoms with van der Waals surface area (Å²) in [5.74, 6) is 2.24. The van der Waals surface area contributed by atoms with Crippen LogP contribution in [0, 0.1) is 17.8 Å². The average molecular weight is 225 g/mol. The zero-order chi connectivity index (χ0) is 11.5. The zero-order valence-corrected chi connectivity index (χ0v) is 10.8. The lowest BCUT2D eigenvalue weighted by Crippen LogP contribution is -2.42. The van der Waals surface area contributed by atoms with Gasteiger partial charge in [-0.1, -0.05) is 20.3 Å². The number of hydrogen-bond acceptors (Lipinski definition) is 2. The molecule has 0 spiro atoms. The van der Waals surface area contributed by atoms with Crippen LogP contribution in [0.5, 0.6) is 0 Å². The van der Waals surface area contributed by atoms with E-state index in [-0.39, 0.29) is 6.10 Å². The summed E-state index contributed by atoms with van der Waals surface area (Å²) in [5, 5.41) is 13.5. The molecule has 0 radical (unpaired) electrons. The van der Waals surface area contributed by atoms with Crippen LogP contribution in [-0.4, -0.2) is 23.8 Å². The van der Waals surface area contributed by atoms with Gasteiger partial charge in [-0.05, 0) is 49.9 Å². The summed E-state index contributed by atoms with van der Waals surface area (Å²) in [4.78, 5) is 0. The molecule has 2 N–H and O–H groups in total. The highest BCUT2D eigenvalue weighted by Gasteiger charge is 2.28. The molecule has 2 heteroatoms. The van der Waals surface area contributed by atoms with Crippen molar-refractivity contribution in [2.45, 2.75) is 64.5 Å². The molecule has 2 aliphatic carbocycles. The van der Waals surface area contributed by atoms with E-state index < -0.39 is 0 Å². The average Bonchev–Trinajstić information content (AvgIpc) is 2.63. The van der Waals surface area contributed by atoms with E-state index >= 15 is 0 Å². The van der Waals surface area contributed by atoms with E-state index in [1.807, 2.05) is 0 Å². The Morgan fingerprint density at radius 2 is 1.94 bits per heavy atom. The van der Waals surface area contributed by atoms with Crippen LogP contribution in [0.15, 0.2) is 0 Å². The van der Waals surface area contributed by atoms with Crippen molar-refractivity contribution in [2.75, 3.05) is 6.54 Å². The van der Waals surface area contributed by atoms with Gasteiger partial charge in [0.25, 0.3) is 0 Å². The summed E-state index contributed by atoms with van der Waals surface area (Å²) in [6, 6.07) is 0.698. The Hall–Kier alpha value is -0.0800. The Labute approximate surface area is 99.8 Å². The van der Waals surface area contributed by atoms with Gasteiger partial charge >= 0.3 is 0 Å². The summed E-state index contributed by atoms with van der Waals surface area (Å²) in [6.07, 6.45) is 7.47. The van der Waals surface area contributed by atoms with E-state index in [1.165, 1.54) is 32.1 Å². The van der Waals surface area contributed by atoms with Crippen molar-refractivity contribution in [3.05, 3.63) is 0 Å². The predicted molar refractivity (Wildman–Crippen MR) is 67.3 cm³/mol. The van der Waals surface area contributed by atoms with Gasteiger partial charge in [0.1, 0.15) is 0 Å². The van der Waals surface area contributed by atoms with Crippen molar-refractivity contribution in [2.24, 2.45) is 17.8 Å². The van der Waals surface area contributed by atoms with Gasteiger partial charge in [0.2, 0.25) is 0 Å². The maximum Gasteiger partial charge on any atom is 0.0580 e. The third-order valence-electron chi connectivity index (χ3n) is 4.69. The summed E-state index contributed by atoms with van der Waals surface area (Å²) >= 11 is 0. The third kappa shape index (κ3) is 2.98. The highest BCUT2D eigenvalue weighted by atomic mass is 16.3. The van der Waals surface area contributed by atoms with E-state index in [9.17, 15) is 5.11 Å². The van der Waals surface area contributed by atoms with Crippen LogP contribution in [-0.2, 0) is 0 Å². The van der Waals surface area contributed by atoms with Crippen LogP contribution < -0.4 is 5.32 Å². The third-order valence-corrected chi connectivity index (χ3v) is 4.69. The van der Waals surface area contributed by atoms with Crippen molar-refractivity contribution in [1.82, 2.24) is 5.32 Å². The molecule has 16 heavy (non-hydrogen) atoms. The van der Waals surface area contributed by atoms with Gasteiger partial charge in [0.15, 0.2) is 0 Å². The van der Waals surface area contributed by atoms with Crippen molar-refractivity contribution in [1.29, 1.82) is 0 Å². The topological polar surface area (TPSA) is 32.3 Å². The van der Waals surface area contributed by atoms with Crippen molar-refractivity contribution < 1.29 is 5.11 Å². The fourth-order valence-corrected chi connectivity index (χ4v) is 3.53. The van der Waals surface area contributed by atoms with Crippen LogP contribution in [0.1, 0.15) is 52.4 Å². The molecule has 2 rings (SSSR count). The Kier molecular flexibility index (Phi) is 4.26. The minimum atomic E-state index is -0.0367. The minimum Gasteiger partial charge on any atom is -0.393 e. The predicted octanol–water partition coefficient (Wildman–Crippen LogP) is 2.56. The molecular formula is C14H27NO. The van der Waals surface area contributed by atoms with Gasteiger partial charge in [0, 0.05) is 12.6 Å². The molecule has 5 unspecified atom stereocenters. The number of aliphatic hydroxyl groups is 1. The molecule has 2 fully saturated rings. The van der Waals surface area contributed by atoms with Gasteiger partial charge in [-0.3, -0.25) is 0 Å². The molecule has 94 valence electrons. The Balaban J connectivity index is 1.73. The lowest BCUT2D eigenvalue weighted by molar-refractivity contribution is 0.123. The summed E-state index contributed by atoms with van der Waals surface area (Å²) in [5.41, 5.74) is 0. The van der Waals surface area contributed by atoms with Crippen molar-refractivity contribution in [3.8, 4) is 0 Å². The molecule has 2 saturated carbocycles. The largest absolute Gasteiger partial charge is 0.393 e. The van der Waals surface area contributed by atoms with Crippen molar-refractivity contribution >= 4 is 0 Å². The quantitative estimate of drug-likeness (QED) is 0.773. The molecule has 0 amide bonds. The molecule has 0 aromatic heterocycles. The highest BCUT2D eigenvalue weighted by molar-refractivity contribution is 4.84. The van der Waals surface area contributed by atoms with Crippen LogP contribution in [0.2, 0.25) is 0 Å². The zero-order valence-electron chi connectivity index (χ0n) is 10.8.